The van der Waals surface area contributed by atoms with Gasteiger partial charge in [-0.15, -0.1) is 0 Å². The SMILES string of the molecule is COc1cc(S(=O)(=O)NCCCBr)c2c(c1OC)C(=O)N(Cc1ccc(F)c(Cl)c1)C2. The van der Waals surface area contributed by atoms with E-state index in [1.54, 1.807) is 0 Å². The first kappa shape index (κ1) is 23.8. The molecule has 1 amide bonds. The van der Waals surface area contributed by atoms with Crippen molar-refractivity contribution in [1.82, 2.24) is 9.62 Å². The second-order valence-electron chi connectivity index (χ2n) is 6.81. The number of hydrogen-bond donors (Lipinski definition) is 1. The van der Waals surface area contributed by atoms with E-state index in [2.05, 4.69) is 20.7 Å². The molecule has 0 aliphatic carbocycles. The van der Waals surface area contributed by atoms with Gasteiger partial charge in [-0.25, -0.2) is 17.5 Å². The van der Waals surface area contributed by atoms with E-state index in [0.29, 0.717) is 22.9 Å². The highest BCUT2D eigenvalue weighted by Gasteiger charge is 2.38. The third-order valence-electron chi connectivity index (χ3n) is 4.84. The first-order valence-electron chi connectivity index (χ1n) is 9.30. The zero-order valence-electron chi connectivity index (χ0n) is 16.9. The molecule has 0 bridgehead atoms. The Morgan fingerprint density at radius 2 is 2.00 bits per heavy atom. The lowest BCUT2D eigenvalue weighted by atomic mass is 10.1. The van der Waals surface area contributed by atoms with Gasteiger partial charge >= 0.3 is 0 Å². The lowest BCUT2D eigenvalue weighted by Crippen LogP contribution is -2.26. The van der Waals surface area contributed by atoms with Gasteiger partial charge in [-0.3, -0.25) is 4.79 Å². The normalized spacial score (nSPS) is 13.5. The number of alkyl halides is 1. The number of carbonyl (C=O) groups excluding carboxylic acids is 1. The van der Waals surface area contributed by atoms with Crippen LogP contribution in [0.3, 0.4) is 0 Å². The standard InChI is InChI=1S/C20H21BrClFN2O5S/c1-29-16-9-17(31(27,28)24-7-3-6-21)13-11-25(20(26)18(13)19(16)30-2)10-12-4-5-15(23)14(22)8-12/h4-5,8-9,24H,3,6-7,10-11H2,1-2H3. The summed E-state index contributed by atoms with van der Waals surface area (Å²) < 4.78 is 52.7. The van der Waals surface area contributed by atoms with Crippen LogP contribution in [0, 0.1) is 5.82 Å². The van der Waals surface area contributed by atoms with E-state index in [1.165, 1.54) is 43.4 Å². The molecule has 0 fully saturated rings. The number of halogens is 3. The van der Waals surface area contributed by atoms with E-state index in [0.717, 1.165) is 0 Å². The van der Waals surface area contributed by atoms with E-state index in [4.69, 9.17) is 21.1 Å². The average Bonchev–Trinajstić information content (AvgIpc) is 3.05. The number of fused-ring (bicyclic) bond motifs is 1. The molecule has 7 nitrogen and oxygen atoms in total. The number of rotatable bonds is 9. The summed E-state index contributed by atoms with van der Waals surface area (Å²) in [5.74, 6) is -0.664. The molecule has 0 saturated carbocycles. The van der Waals surface area contributed by atoms with Crippen molar-refractivity contribution in [2.45, 2.75) is 24.4 Å². The molecule has 0 aromatic heterocycles. The minimum absolute atomic E-state index is 0.0392. The molecule has 1 N–H and O–H groups in total. The van der Waals surface area contributed by atoms with Crippen molar-refractivity contribution in [3.8, 4) is 11.5 Å². The highest BCUT2D eigenvalue weighted by molar-refractivity contribution is 9.09. The quantitative estimate of drug-likeness (QED) is 0.391. The highest BCUT2D eigenvalue weighted by atomic mass is 79.9. The zero-order chi connectivity index (χ0) is 22.8. The number of amides is 1. The van der Waals surface area contributed by atoms with Crippen molar-refractivity contribution in [3.05, 3.63) is 51.8 Å². The maximum absolute atomic E-state index is 13.5. The molecule has 0 radical (unpaired) electrons. The second-order valence-corrected chi connectivity index (χ2v) is 9.75. The molecule has 0 saturated heterocycles. The van der Waals surface area contributed by atoms with E-state index < -0.39 is 21.7 Å². The smallest absolute Gasteiger partial charge is 0.258 e. The summed E-state index contributed by atoms with van der Waals surface area (Å²) in [4.78, 5) is 14.6. The van der Waals surface area contributed by atoms with Gasteiger partial charge < -0.3 is 14.4 Å². The van der Waals surface area contributed by atoms with Crippen LogP contribution in [0.15, 0.2) is 29.2 Å². The third-order valence-corrected chi connectivity index (χ3v) is 7.21. The molecular weight excluding hydrogens is 515 g/mol. The highest BCUT2D eigenvalue weighted by Crippen LogP contribution is 2.42. The number of carbonyl (C=O) groups is 1. The van der Waals surface area contributed by atoms with Crippen LogP contribution in [0.5, 0.6) is 11.5 Å². The number of methoxy groups -OCH3 is 2. The summed E-state index contributed by atoms with van der Waals surface area (Å²) in [6.07, 6.45) is 0.602. The molecule has 0 atom stereocenters. The lowest BCUT2D eigenvalue weighted by Gasteiger charge is -2.16. The number of nitrogens with one attached hydrogen (secondary N) is 1. The van der Waals surface area contributed by atoms with Gasteiger partial charge in [0, 0.05) is 36.6 Å². The predicted octanol–water partition coefficient (Wildman–Crippen LogP) is 3.72. The van der Waals surface area contributed by atoms with Crippen LogP contribution in [0.25, 0.3) is 0 Å². The van der Waals surface area contributed by atoms with Gasteiger partial charge in [-0.2, -0.15) is 0 Å². The van der Waals surface area contributed by atoms with Crippen molar-refractivity contribution < 1.29 is 27.1 Å². The molecule has 168 valence electrons. The van der Waals surface area contributed by atoms with Gasteiger partial charge in [0.25, 0.3) is 5.91 Å². The number of hydrogen-bond acceptors (Lipinski definition) is 5. The Balaban J connectivity index is 2.04. The van der Waals surface area contributed by atoms with Crippen LogP contribution in [-0.4, -0.2) is 45.3 Å². The van der Waals surface area contributed by atoms with Crippen molar-refractivity contribution in [2.24, 2.45) is 0 Å². The topological polar surface area (TPSA) is 84.9 Å². The molecule has 3 rings (SSSR count). The van der Waals surface area contributed by atoms with Crippen LogP contribution in [-0.2, 0) is 23.1 Å². The summed E-state index contributed by atoms with van der Waals surface area (Å²) in [6.45, 7) is 0.399. The van der Waals surface area contributed by atoms with Gasteiger partial charge in [0.15, 0.2) is 11.5 Å². The Hall–Kier alpha value is -1.88. The van der Waals surface area contributed by atoms with Gasteiger partial charge in [-0.1, -0.05) is 33.6 Å². The fraction of sp³-hybridized carbons (Fsp3) is 0.350. The largest absolute Gasteiger partial charge is 0.493 e. The molecular formula is C20H21BrClFN2O5S. The zero-order valence-corrected chi connectivity index (χ0v) is 20.0. The average molecular weight is 536 g/mol. The second kappa shape index (κ2) is 9.72. The van der Waals surface area contributed by atoms with Crippen molar-refractivity contribution in [3.63, 3.8) is 0 Å². The minimum Gasteiger partial charge on any atom is -0.493 e. The molecule has 1 heterocycles. The number of ether oxygens (including phenoxy) is 2. The summed E-state index contributed by atoms with van der Waals surface area (Å²) in [7, 11) is -1.15. The molecule has 11 heteroatoms. The molecule has 2 aromatic rings. The molecule has 2 aromatic carbocycles. The van der Waals surface area contributed by atoms with Gasteiger partial charge in [0.2, 0.25) is 10.0 Å². The summed E-state index contributed by atoms with van der Waals surface area (Å²) >= 11 is 9.12. The van der Waals surface area contributed by atoms with Crippen LogP contribution < -0.4 is 14.2 Å². The van der Waals surface area contributed by atoms with E-state index in [1.807, 2.05) is 0 Å². The first-order valence-corrected chi connectivity index (χ1v) is 12.3. The van der Waals surface area contributed by atoms with Gasteiger partial charge in [0.1, 0.15) is 5.82 Å². The van der Waals surface area contributed by atoms with E-state index >= 15 is 0 Å². The number of nitrogens with zero attached hydrogens (tertiary/aromatic N) is 1. The Morgan fingerprint density at radius 1 is 1.26 bits per heavy atom. The Bertz CT molecular complexity index is 1110. The van der Waals surface area contributed by atoms with Crippen LogP contribution in [0.2, 0.25) is 5.02 Å². The van der Waals surface area contributed by atoms with Gasteiger partial charge in [0.05, 0.1) is 29.7 Å². The Labute approximate surface area is 193 Å². The van der Waals surface area contributed by atoms with Gasteiger partial charge in [-0.05, 0) is 24.1 Å². The fourth-order valence-corrected chi connectivity index (χ4v) is 5.20. The van der Waals surface area contributed by atoms with Crippen LogP contribution >= 0.6 is 27.5 Å². The monoisotopic (exact) mass is 534 g/mol. The molecule has 31 heavy (non-hydrogen) atoms. The Kier molecular flexibility index (Phi) is 7.46. The van der Waals surface area contributed by atoms with E-state index in [9.17, 15) is 17.6 Å². The van der Waals surface area contributed by atoms with Crippen LogP contribution in [0.1, 0.15) is 27.9 Å². The van der Waals surface area contributed by atoms with Crippen LogP contribution in [0.4, 0.5) is 4.39 Å². The number of sulfonamides is 1. The maximum atomic E-state index is 13.5. The minimum atomic E-state index is -3.90. The summed E-state index contributed by atoms with van der Waals surface area (Å²) in [5, 5.41) is 0.589. The molecule has 0 spiro atoms. The van der Waals surface area contributed by atoms with Crippen molar-refractivity contribution >= 4 is 43.5 Å². The first-order chi connectivity index (χ1) is 14.7. The number of benzene rings is 2. The molecule has 1 aliphatic rings. The molecule has 1 aliphatic heterocycles. The fourth-order valence-electron chi connectivity index (χ4n) is 3.39. The maximum Gasteiger partial charge on any atom is 0.258 e. The summed E-state index contributed by atoms with van der Waals surface area (Å²) in [6, 6.07) is 5.54. The lowest BCUT2D eigenvalue weighted by molar-refractivity contribution is 0.0763. The summed E-state index contributed by atoms with van der Waals surface area (Å²) in [5.41, 5.74) is 1.07. The Morgan fingerprint density at radius 3 is 2.61 bits per heavy atom. The van der Waals surface area contributed by atoms with Crippen molar-refractivity contribution in [2.75, 3.05) is 26.1 Å². The third kappa shape index (κ3) is 4.82. The van der Waals surface area contributed by atoms with Crippen molar-refractivity contribution in [1.29, 1.82) is 0 Å². The van der Waals surface area contributed by atoms with E-state index in [-0.39, 0.29) is 46.6 Å². The predicted molar refractivity (Wildman–Crippen MR) is 118 cm³/mol. The molecule has 0 unspecified atom stereocenters.